The van der Waals surface area contributed by atoms with Gasteiger partial charge >= 0.3 is 0 Å². The number of nitrogens with zero attached hydrogens (tertiary/aromatic N) is 3. The second-order valence-electron chi connectivity index (χ2n) is 4.27. The minimum Gasteiger partial charge on any atom is -0.369 e. The first-order valence-electron chi connectivity index (χ1n) is 6.12. The number of anilines is 1. The van der Waals surface area contributed by atoms with Crippen molar-refractivity contribution in [3.63, 3.8) is 0 Å². The van der Waals surface area contributed by atoms with E-state index in [1.165, 1.54) is 6.33 Å². The van der Waals surface area contributed by atoms with Gasteiger partial charge in [0.05, 0.1) is 0 Å². The van der Waals surface area contributed by atoms with E-state index in [9.17, 15) is 4.79 Å². The number of amides is 1. The van der Waals surface area contributed by atoms with Crippen molar-refractivity contribution in [2.24, 2.45) is 0 Å². The van der Waals surface area contributed by atoms with Crippen LogP contribution in [0.2, 0.25) is 0 Å². The third-order valence-corrected chi connectivity index (χ3v) is 2.30. The molecule has 0 bridgehead atoms. The second kappa shape index (κ2) is 7.60. The van der Waals surface area contributed by atoms with Gasteiger partial charge < -0.3 is 15.5 Å². The zero-order valence-electron chi connectivity index (χ0n) is 11.2. The van der Waals surface area contributed by atoms with Crippen LogP contribution in [0.4, 0.5) is 5.82 Å². The van der Waals surface area contributed by atoms with E-state index in [1.54, 1.807) is 6.07 Å². The summed E-state index contributed by atoms with van der Waals surface area (Å²) in [5, 5.41) is 5.94. The SMILES string of the molecule is CCCNC(=O)c1cc(NCCN(C)C)ncn1. The van der Waals surface area contributed by atoms with Gasteiger partial charge in [-0.05, 0) is 20.5 Å². The highest BCUT2D eigenvalue weighted by Gasteiger charge is 2.07. The molecule has 0 aliphatic rings. The van der Waals surface area contributed by atoms with Gasteiger partial charge in [-0.3, -0.25) is 4.79 Å². The Balaban J connectivity index is 2.53. The fraction of sp³-hybridized carbons (Fsp3) is 0.583. The molecular formula is C12H21N5O. The van der Waals surface area contributed by atoms with Crippen LogP contribution in [0.1, 0.15) is 23.8 Å². The molecule has 0 aliphatic heterocycles. The Morgan fingerprint density at radius 2 is 2.11 bits per heavy atom. The minimum atomic E-state index is -0.157. The topological polar surface area (TPSA) is 70.2 Å². The Morgan fingerprint density at radius 3 is 2.78 bits per heavy atom. The van der Waals surface area contributed by atoms with Gasteiger partial charge in [0, 0.05) is 25.7 Å². The summed E-state index contributed by atoms with van der Waals surface area (Å²) in [4.78, 5) is 21.8. The standard InChI is InChI=1S/C12H21N5O/c1-4-5-14-12(18)10-8-11(16-9-15-10)13-6-7-17(2)3/h8-9H,4-7H2,1-3H3,(H,14,18)(H,13,15,16). The van der Waals surface area contributed by atoms with E-state index in [2.05, 4.69) is 25.5 Å². The Bertz CT molecular complexity index is 380. The normalized spacial score (nSPS) is 10.4. The van der Waals surface area contributed by atoms with E-state index in [1.807, 2.05) is 21.0 Å². The van der Waals surface area contributed by atoms with Crippen LogP contribution in [0, 0.1) is 0 Å². The minimum absolute atomic E-state index is 0.157. The van der Waals surface area contributed by atoms with Crippen LogP contribution in [-0.2, 0) is 0 Å². The van der Waals surface area contributed by atoms with E-state index >= 15 is 0 Å². The van der Waals surface area contributed by atoms with Gasteiger partial charge in [0.2, 0.25) is 0 Å². The second-order valence-corrected chi connectivity index (χ2v) is 4.27. The Kier molecular flexibility index (Phi) is 6.07. The average Bonchev–Trinajstić information content (AvgIpc) is 2.36. The molecule has 2 N–H and O–H groups in total. The molecule has 0 saturated carbocycles. The van der Waals surface area contributed by atoms with Crippen LogP contribution in [0.3, 0.4) is 0 Å². The number of carbonyl (C=O) groups is 1. The van der Waals surface area contributed by atoms with E-state index in [-0.39, 0.29) is 5.91 Å². The quantitative estimate of drug-likeness (QED) is 0.742. The number of carbonyl (C=O) groups excluding carboxylic acids is 1. The van der Waals surface area contributed by atoms with E-state index in [4.69, 9.17) is 0 Å². The van der Waals surface area contributed by atoms with Crippen molar-refractivity contribution in [2.45, 2.75) is 13.3 Å². The third kappa shape index (κ3) is 5.09. The maximum Gasteiger partial charge on any atom is 0.270 e. The van der Waals surface area contributed by atoms with Gasteiger partial charge in [-0.2, -0.15) is 0 Å². The van der Waals surface area contributed by atoms with Crippen LogP contribution >= 0.6 is 0 Å². The lowest BCUT2D eigenvalue weighted by Crippen LogP contribution is -2.25. The van der Waals surface area contributed by atoms with Crippen LogP contribution in [0.25, 0.3) is 0 Å². The lowest BCUT2D eigenvalue weighted by atomic mass is 10.3. The van der Waals surface area contributed by atoms with E-state index in [0.29, 0.717) is 18.1 Å². The number of nitrogens with one attached hydrogen (secondary N) is 2. The monoisotopic (exact) mass is 251 g/mol. The first-order chi connectivity index (χ1) is 8.63. The Hall–Kier alpha value is -1.69. The first-order valence-corrected chi connectivity index (χ1v) is 6.12. The van der Waals surface area contributed by atoms with Crippen molar-refractivity contribution in [3.8, 4) is 0 Å². The lowest BCUT2D eigenvalue weighted by Gasteiger charge is -2.11. The lowest BCUT2D eigenvalue weighted by molar-refractivity contribution is 0.0948. The molecule has 0 atom stereocenters. The average molecular weight is 251 g/mol. The molecule has 18 heavy (non-hydrogen) atoms. The van der Waals surface area contributed by atoms with Crippen LogP contribution < -0.4 is 10.6 Å². The van der Waals surface area contributed by atoms with Crippen molar-refractivity contribution in [1.29, 1.82) is 0 Å². The predicted molar refractivity (Wildman–Crippen MR) is 71.7 cm³/mol. The summed E-state index contributed by atoms with van der Waals surface area (Å²) in [5.74, 6) is 0.517. The fourth-order valence-electron chi connectivity index (χ4n) is 1.31. The number of aromatic nitrogens is 2. The molecule has 1 heterocycles. The first kappa shape index (κ1) is 14.4. The molecule has 1 amide bonds. The molecule has 100 valence electrons. The Morgan fingerprint density at radius 1 is 1.33 bits per heavy atom. The highest BCUT2D eigenvalue weighted by atomic mass is 16.1. The summed E-state index contributed by atoms with van der Waals surface area (Å²) in [6.07, 6.45) is 2.31. The van der Waals surface area contributed by atoms with Gasteiger partial charge in [0.25, 0.3) is 5.91 Å². The molecule has 0 unspecified atom stereocenters. The maximum absolute atomic E-state index is 11.7. The zero-order valence-corrected chi connectivity index (χ0v) is 11.2. The number of likely N-dealkylation sites (N-methyl/N-ethyl adjacent to an activating group) is 1. The highest BCUT2D eigenvalue weighted by molar-refractivity contribution is 5.92. The molecule has 1 rings (SSSR count). The largest absolute Gasteiger partial charge is 0.369 e. The number of hydrogen-bond donors (Lipinski definition) is 2. The van der Waals surface area contributed by atoms with Crippen molar-refractivity contribution in [2.75, 3.05) is 39.0 Å². The predicted octanol–water partition coefficient (Wildman–Crippen LogP) is 0.590. The van der Waals surface area contributed by atoms with Crippen molar-refractivity contribution < 1.29 is 4.79 Å². The van der Waals surface area contributed by atoms with Crippen LogP contribution in [0.15, 0.2) is 12.4 Å². The summed E-state index contributed by atoms with van der Waals surface area (Å²) in [7, 11) is 4.01. The van der Waals surface area contributed by atoms with Gasteiger partial charge in [-0.15, -0.1) is 0 Å². The molecule has 0 fully saturated rings. The molecule has 1 aromatic heterocycles. The van der Waals surface area contributed by atoms with Crippen molar-refractivity contribution >= 4 is 11.7 Å². The van der Waals surface area contributed by atoms with E-state index in [0.717, 1.165) is 19.5 Å². The third-order valence-electron chi connectivity index (χ3n) is 2.30. The van der Waals surface area contributed by atoms with Crippen LogP contribution in [0.5, 0.6) is 0 Å². The van der Waals surface area contributed by atoms with Gasteiger partial charge in [0.15, 0.2) is 0 Å². The number of hydrogen-bond acceptors (Lipinski definition) is 5. The van der Waals surface area contributed by atoms with Gasteiger partial charge in [-0.1, -0.05) is 6.92 Å². The number of rotatable bonds is 7. The summed E-state index contributed by atoms with van der Waals surface area (Å²) in [5.41, 5.74) is 0.394. The summed E-state index contributed by atoms with van der Waals surface area (Å²) in [6.45, 7) is 4.35. The summed E-state index contributed by atoms with van der Waals surface area (Å²) in [6, 6.07) is 1.67. The zero-order chi connectivity index (χ0) is 13.4. The van der Waals surface area contributed by atoms with Crippen LogP contribution in [-0.4, -0.2) is 54.5 Å². The maximum atomic E-state index is 11.7. The molecule has 6 heteroatoms. The molecule has 1 aromatic rings. The van der Waals surface area contributed by atoms with E-state index < -0.39 is 0 Å². The van der Waals surface area contributed by atoms with Gasteiger partial charge in [-0.25, -0.2) is 9.97 Å². The Labute approximate surface area is 108 Å². The molecule has 0 aliphatic carbocycles. The summed E-state index contributed by atoms with van der Waals surface area (Å²) < 4.78 is 0. The smallest absolute Gasteiger partial charge is 0.270 e. The molecule has 0 spiro atoms. The molecule has 0 aromatic carbocycles. The molecule has 6 nitrogen and oxygen atoms in total. The molecule has 0 radical (unpaired) electrons. The molecular weight excluding hydrogens is 230 g/mol. The van der Waals surface area contributed by atoms with Crippen molar-refractivity contribution in [1.82, 2.24) is 20.2 Å². The molecule has 0 saturated heterocycles. The summed E-state index contributed by atoms with van der Waals surface area (Å²) >= 11 is 0. The van der Waals surface area contributed by atoms with Crippen molar-refractivity contribution in [3.05, 3.63) is 18.1 Å². The highest BCUT2D eigenvalue weighted by Crippen LogP contribution is 2.03. The fourth-order valence-corrected chi connectivity index (χ4v) is 1.31. The van der Waals surface area contributed by atoms with Gasteiger partial charge in [0.1, 0.15) is 17.8 Å².